The van der Waals surface area contributed by atoms with Gasteiger partial charge >= 0.3 is 0 Å². The molecule has 0 amide bonds. The first-order valence-electron chi connectivity index (χ1n) is 6.49. The quantitative estimate of drug-likeness (QED) is 0.746. The first-order chi connectivity index (χ1) is 10.1. The van der Waals surface area contributed by atoms with Crippen LogP contribution in [0.2, 0.25) is 5.02 Å². The smallest absolute Gasteiger partial charge is 0.258 e. The third-order valence-electron chi connectivity index (χ3n) is 3.08. The number of aromatic nitrogens is 2. The molecule has 2 heterocycles. The molecule has 106 valence electrons. The molecule has 4 nitrogen and oxygen atoms in total. The summed E-state index contributed by atoms with van der Waals surface area (Å²) in [4.78, 5) is 16.5. The zero-order chi connectivity index (χ0) is 14.8. The monoisotopic (exact) mass is 300 g/mol. The van der Waals surface area contributed by atoms with Crippen LogP contribution < -0.4 is 10.3 Å². The number of fused-ring (bicyclic) bond motifs is 1. The van der Waals surface area contributed by atoms with Crippen LogP contribution in [0.1, 0.15) is 11.3 Å². The second-order valence-corrected chi connectivity index (χ2v) is 5.20. The molecule has 0 aliphatic heterocycles. The highest BCUT2D eigenvalue weighted by Crippen LogP contribution is 2.16. The molecule has 0 unspecified atom stereocenters. The van der Waals surface area contributed by atoms with E-state index in [1.165, 1.54) is 10.5 Å². The van der Waals surface area contributed by atoms with Gasteiger partial charge in [0.25, 0.3) is 5.56 Å². The number of hydrogen-bond acceptors (Lipinski definition) is 3. The predicted molar refractivity (Wildman–Crippen MR) is 82.0 cm³/mol. The maximum Gasteiger partial charge on any atom is 0.258 e. The molecule has 2 aromatic heterocycles. The first kappa shape index (κ1) is 13.6. The summed E-state index contributed by atoms with van der Waals surface area (Å²) in [6, 6.07) is 12.3. The van der Waals surface area contributed by atoms with Crippen LogP contribution in [-0.4, -0.2) is 9.38 Å². The van der Waals surface area contributed by atoms with Crippen LogP contribution in [0, 0.1) is 6.92 Å². The Morgan fingerprint density at radius 3 is 2.71 bits per heavy atom. The standard InChI is InChI=1S/C16H13ClN2O2/c1-11-6-7-19-15(8-11)18-13(9-16(19)20)10-21-14-4-2-12(17)3-5-14/h2-9H,10H2,1H3. The molecule has 0 saturated heterocycles. The maximum absolute atomic E-state index is 12.0. The maximum atomic E-state index is 12.0. The molecule has 0 bridgehead atoms. The van der Waals surface area contributed by atoms with Crippen LogP contribution in [0.5, 0.6) is 5.75 Å². The highest BCUT2D eigenvalue weighted by molar-refractivity contribution is 6.30. The lowest BCUT2D eigenvalue weighted by molar-refractivity contribution is 0.301. The van der Waals surface area contributed by atoms with E-state index in [0.29, 0.717) is 22.1 Å². The summed E-state index contributed by atoms with van der Waals surface area (Å²) in [5.74, 6) is 0.686. The molecule has 0 spiro atoms. The number of hydrogen-bond donors (Lipinski definition) is 0. The van der Waals surface area contributed by atoms with E-state index in [0.717, 1.165) is 5.56 Å². The number of rotatable bonds is 3. The van der Waals surface area contributed by atoms with Crippen molar-refractivity contribution in [3.63, 3.8) is 0 Å². The van der Waals surface area contributed by atoms with Crippen molar-refractivity contribution in [2.75, 3.05) is 0 Å². The Morgan fingerprint density at radius 1 is 1.19 bits per heavy atom. The summed E-state index contributed by atoms with van der Waals surface area (Å²) in [5.41, 5.74) is 2.16. The Labute approximate surface area is 126 Å². The van der Waals surface area contributed by atoms with Crippen molar-refractivity contribution in [2.24, 2.45) is 0 Å². The normalized spacial score (nSPS) is 10.8. The van der Waals surface area contributed by atoms with Crippen molar-refractivity contribution >= 4 is 17.2 Å². The van der Waals surface area contributed by atoms with Crippen molar-refractivity contribution in [3.05, 3.63) is 75.3 Å². The lowest BCUT2D eigenvalue weighted by Crippen LogP contribution is -2.16. The van der Waals surface area contributed by atoms with E-state index in [1.807, 2.05) is 19.1 Å². The zero-order valence-electron chi connectivity index (χ0n) is 11.4. The van der Waals surface area contributed by atoms with Crippen LogP contribution in [0.3, 0.4) is 0 Å². The molecular weight excluding hydrogens is 288 g/mol. The summed E-state index contributed by atoms with van der Waals surface area (Å²) in [6.45, 7) is 2.20. The minimum atomic E-state index is -0.116. The fraction of sp³-hybridized carbons (Fsp3) is 0.125. The van der Waals surface area contributed by atoms with E-state index < -0.39 is 0 Å². The topological polar surface area (TPSA) is 43.6 Å². The molecule has 21 heavy (non-hydrogen) atoms. The lowest BCUT2D eigenvalue weighted by Gasteiger charge is -2.07. The van der Waals surface area contributed by atoms with Gasteiger partial charge in [0.05, 0.1) is 5.69 Å². The molecule has 3 rings (SSSR count). The van der Waals surface area contributed by atoms with Crippen LogP contribution >= 0.6 is 11.6 Å². The van der Waals surface area contributed by atoms with Crippen LogP contribution in [0.15, 0.2) is 53.5 Å². The molecule has 0 N–H and O–H groups in total. The first-order valence-corrected chi connectivity index (χ1v) is 6.87. The third-order valence-corrected chi connectivity index (χ3v) is 3.33. The molecule has 0 saturated carbocycles. The molecule has 0 fully saturated rings. The van der Waals surface area contributed by atoms with Gasteiger partial charge in [0.15, 0.2) is 0 Å². The van der Waals surface area contributed by atoms with Crippen molar-refractivity contribution in [3.8, 4) is 5.75 Å². The lowest BCUT2D eigenvalue weighted by atomic mass is 10.3. The number of nitrogens with zero attached hydrogens (tertiary/aromatic N) is 2. The average Bonchev–Trinajstić information content (AvgIpc) is 2.46. The van der Waals surface area contributed by atoms with E-state index >= 15 is 0 Å². The van der Waals surface area contributed by atoms with Crippen molar-refractivity contribution in [1.82, 2.24) is 9.38 Å². The Hall–Kier alpha value is -2.33. The number of ether oxygens (including phenoxy) is 1. The Morgan fingerprint density at radius 2 is 1.95 bits per heavy atom. The van der Waals surface area contributed by atoms with Gasteiger partial charge in [-0.2, -0.15) is 0 Å². The zero-order valence-corrected chi connectivity index (χ0v) is 12.2. The van der Waals surface area contributed by atoms with E-state index in [2.05, 4.69) is 4.98 Å². The highest BCUT2D eigenvalue weighted by atomic mass is 35.5. The minimum absolute atomic E-state index is 0.116. The SMILES string of the molecule is Cc1ccn2c(=O)cc(COc3ccc(Cl)cc3)nc2c1. The second-order valence-electron chi connectivity index (χ2n) is 4.76. The van der Waals surface area contributed by atoms with Gasteiger partial charge in [-0.3, -0.25) is 9.20 Å². The van der Waals surface area contributed by atoms with E-state index in [1.54, 1.807) is 30.5 Å². The molecule has 0 atom stereocenters. The highest BCUT2D eigenvalue weighted by Gasteiger charge is 2.04. The van der Waals surface area contributed by atoms with E-state index in [9.17, 15) is 4.79 Å². The summed E-state index contributed by atoms with van der Waals surface area (Å²) >= 11 is 5.82. The molecular formula is C16H13ClN2O2. The molecule has 0 radical (unpaired) electrons. The molecule has 3 aromatic rings. The largest absolute Gasteiger partial charge is 0.487 e. The fourth-order valence-electron chi connectivity index (χ4n) is 2.02. The predicted octanol–water partition coefficient (Wildman–Crippen LogP) is 3.24. The minimum Gasteiger partial charge on any atom is -0.487 e. The van der Waals surface area contributed by atoms with Gasteiger partial charge < -0.3 is 4.74 Å². The number of benzene rings is 1. The number of aryl methyl sites for hydroxylation is 1. The fourth-order valence-corrected chi connectivity index (χ4v) is 2.14. The van der Waals surface area contributed by atoms with Crippen LogP contribution in [-0.2, 0) is 6.61 Å². The van der Waals surface area contributed by atoms with Gasteiger partial charge in [-0.1, -0.05) is 11.6 Å². The Kier molecular flexibility index (Phi) is 3.62. The summed E-state index contributed by atoms with van der Waals surface area (Å²) in [6.07, 6.45) is 1.73. The summed E-state index contributed by atoms with van der Waals surface area (Å²) in [5, 5.41) is 0.653. The average molecular weight is 301 g/mol. The van der Waals surface area contributed by atoms with Crippen molar-refractivity contribution < 1.29 is 4.74 Å². The van der Waals surface area contributed by atoms with Gasteiger partial charge in [-0.15, -0.1) is 0 Å². The van der Waals surface area contributed by atoms with Crippen molar-refractivity contribution in [2.45, 2.75) is 13.5 Å². The molecule has 0 aliphatic carbocycles. The number of pyridine rings is 1. The van der Waals surface area contributed by atoms with Gasteiger partial charge in [-0.05, 0) is 48.9 Å². The van der Waals surface area contributed by atoms with Crippen LogP contribution in [0.25, 0.3) is 5.65 Å². The second kappa shape index (κ2) is 5.58. The van der Waals surface area contributed by atoms with Gasteiger partial charge in [-0.25, -0.2) is 4.98 Å². The molecule has 0 aliphatic rings. The van der Waals surface area contributed by atoms with Gasteiger partial charge in [0.1, 0.15) is 18.0 Å². The molecule has 5 heteroatoms. The van der Waals surface area contributed by atoms with Crippen molar-refractivity contribution in [1.29, 1.82) is 0 Å². The number of halogens is 1. The Bertz CT molecular complexity index is 841. The van der Waals surface area contributed by atoms with Gasteiger partial charge in [0.2, 0.25) is 0 Å². The third kappa shape index (κ3) is 3.06. The summed E-state index contributed by atoms with van der Waals surface area (Å²) < 4.78 is 7.12. The van der Waals surface area contributed by atoms with Crippen LogP contribution in [0.4, 0.5) is 0 Å². The molecule has 1 aromatic carbocycles. The van der Waals surface area contributed by atoms with E-state index in [4.69, 9.17) is 16.3 Å². The summed E-state index contributed by atoms with van der Waals surface area (Å²) in [7, 11) is 0. The Balaban J connectivity index is 1.87. The van der Waals surface area contributed by atoms with E-state index in [-0.39, 0.29) is 12.2 Å². The van der Waals surface area contributed by atoms with Gasteiger partial charge in [0, 0.05) is 17.3 Å².